The molecule has 0 radical (unpaired) electrons. The summed E-state index contributed by atoms with van der Waals surface area (Å²) >= 11 is 0. The molecule has 1 heterocycles. The van der Waals surface area contributed by atoms with Crippen LogP contribution in [-0.4, -0.2) is 32.3 Å². The fourth-order valence-electron chi connectivity index (χ4n) is 1.89. The summed E-state index contributed by atoms with van der Waals surface area (Å²) in [7, 11) is -3.01. The van der Waals surface area contributed by atoms with Crippen molar-refractivity contribution in [3.05, 3.63) is 0 Å². The van der Waals surface area contributed by atoms with Crippen molar-refractivity contribution in [2.45, 2.75) is 49.9 Å². The van der Waals surface area contributed by atoms with E-state index in [1.165, 1.54) is 0 Å². The van der Waals surface area contributed by atoms with Crippen LogP contribution in [0.3, 0.4) is 0 Å². The van der Waals surface area contributed by atoms with Crippen molar-refractivity contribution in [1.82, 2.24) is 10.0 Å². The Bertz CT molecular complexity index is 298. The van der Waals surface area contributed by atoms with Crippen LogP contribution in [0.2, 0.25) is 0 Å². The summed E-state index contributed by atoms with van der Waals surface area (Å²) < 4.78 is 26.2. The first kappa shape index (κ1) is 10.4. The third-order valence-corrected chi connectivity index (χ3v) is 5.02. The van der Waals surface area contributed by atoms with E-state index in [1.807, 2.05) is 6.92 Å². The van der Waals surface area contributed by atoms with Crippen LogP contribution < -0.4 is 10.0 Å². The average Bonchev–Trinajstić information content (AvgIpc) is 2.91. The quantitative estimate of drug-likeness (QED) is 0.712. The van der Waals surface area contributed by atoms with E-state index in [0.29, 0.717) is 0 Å². The van der Waals surface area contributed by atoms with Crippen molar-refractivity contribution in [2.75, 3.05) is 6.54 Å². The summed E-state index contributed by atoms with van der Waals surface area (Å²) in [6.45, 7) is 3.04. The molecule has 2 rings (SSSR count). The third kappa shape index (κ3) is 2.27. The van der Waals surface area contributed by atoms with Crippen molar-refractivity contribution < 1.29 is 8.42 Å². The number of hydrogen-bond donors (Lipinski definition) is 2. The van der Waals surface area contributed by atoms with Crippen molar-refractivity contribution in [1.29, 1.82) is 0 Å². The van der Waals surface area contributed by atoms with Crippen LogP contribution in [-0.2, 0) is 10.0 Å². The van der Waals surface area contributed by atoms with Gasteiger partial charge in [0.05, 0.1) is 5.25 Å². The second-order valence-electron chi connectivity index (χ2n) is 4.35. The zero-order valence-corrected chi connectivity index (χ0v) is 9.31. The van der Waals surface area contributed by atoms with E-state index in [2.05, 4.69) is 10.0 Å². The molecule has 2 fully saturated rings. The molecule has 1 saturated carbocycles. The van der Waals surface area contributed by atoms with Gasteiger partial charge in [0.2, 0.25) is 10.0 Å². The Kier molecular flexibility index (Phi) is 2.81. The summed E-state index contributed by atoms with van der Waals surface area (Å²) in [5.41, 5.74) is 0. The SMILES string of the molecule is CC1NCCCC1NS(=O)(=O)C1CC1. The zero-order chi connectivity index (χ0) is 10.2. The minimum Gasteiger partial charge on any atom is -0.313 e. The molecule has 0 spiro atoms. The summed E-state index contributed by atoms with van der Waals surface area (Å²) in [4.78, 5) is 0. The van der Waals surface area contributed by atoms with Crippen LogP contribution in [0.1, 0.15) is 32.6 Å². The predicted octanol–water partition coefficient (Wildman–Crippen LogP) is 0.209. The van der Waals surface area contributed by atoms with E-state index < -0.39 is 10.0 Å². The highest BCUT2D eigenvalue weighted by atomic mass is 32.2. The van der Waals surface area contributed by atoms with Crippen molar-refractivity contribution in [2.24, 2.45) is 0 Å². The summed E-state index contributed by atoms with van der Waals surface area (Å²) in [6, 6.07) is 0.353. The highest BCUT2D eigenvalue weighted by Crippen LogP contribution is 2.28. The van der Waals surface area contributed by atoms with E-state index >= 15 is 0 Å². The fraction of sp³-hybridized carbons (Fsp3) is 1.00. The molecule has 0 bridgehead atoms. The van der Waals surface area contributed by atoms with Crippen LogP contribution in [0.25, 0.3) is 0 Å². The fourth-order valence-corrected chi connectivity index (χ4v) is 3.58. The molecule has 1 saturated heterocycles. The summed E-state index contributed by atoms with van der Waals surface area (Å²) in [5, 5.41) is 3.19. The number of piperidine rings is 1. The Morgan fingerprint density at radius 1 is 1.29 bits per heavy atom. The molecule has 2 unspecified atom stereocenters. The van der Waals surface area contributed by atoms with E-state index in [0.717, 1.165) is 32.2 Å². The first-order valence-corrected chi connectivity index (χ1v) is 6.89. The average molecular weight is 218 g/mol. The Balaban J connectivity index is 1.95. The number of rotatable bonds is 3. The van der Waals surface area contributed by atoms with Crippen LogP contribution in [0.15, 0.2) is 0 Å². The standard InChI is InChI=1S/C9H18N2O2S/c1-7-9(3-2-6-10-7)11-14(12,13)8-4-5-8/h7-11H,2-6H2,1H3. The molecule has 1 aliphatic carbocycles. The second kappa shape index (κ2) is 3.79. The molecule has 5 heteroatoms. The lowest BCUT2D eigenvalue weighted by Gasteiger charge is -2.30. The van der Waals surface area contributed by atoms with Crippen LogP contribution in [0.4, 0.5) is 0 Å². The van der Waals surface area contributed by atoms with Crippen molar-refractivity contribution in [3.8, 4) is 0 Å². The highest BCUT2D eigenvalue weighted by molar-refractivity contribution is 7.90. The molecule has 4 nitrogen and oxygen atoms in total. The molecule has 0 aromatic rings. The van der Waals surface area contributed by atoms with E-state index in [1.54, 1.807) is 0 Å². The lowest BCUT2D eigenvalue weighted by molar-refractivity contribution is 0.348. The lowest BCUT2D eigenvalue weighted by atomic mass is 10.0. The largest absolute Gasteiger partial charge is 0.313 e. The van der Waals surface area contributed by atoms with Gasteiger partial charge in [-0.05, 0) is 39.2 Å². The van der Waals surface area contributed by atoms with Gasteiger partial charge in [0, 0.05) is 12.1 Å². The van der Waals surface area contributed by atoms with E-state index in [4.69, 9.17) is 0 Å². The van der Waals surface area contributed by atoms with Gasteiger partial charge in [-0.1, -0.05) is 0 Å². The van der Waals surface area contributed by atoms with Gasteiger partial charge in [0.15, 0.2) is 0 Å². The molecule has 2 atom stereocenters. The Morgan fingerprint density at radius 2 is 2.00 bits per heavy atom. The molecule has 2 aliphatic rings. The maximum atomic E-state index is 11.7. The van der Waals surface area contributed by atoms with Gasteiger partial charge in [0.25, 0.3) is 0 Å². The molecule has 0 aromatic carbocycles. The Labute approximate surface area is 85.5 Å². The van der Waals surface area contributed by atoms with E-state index in [-0.39, 0.29) is 17.3 Å². The molecule has 82 valence electrons. The Morgan fingerprint density at radius 3 is 2.57 bits per heavy atom. The minimum absolute atomic E-state index is 0.0920. The van der Waals surface area contributed by atoms with Gasteiger partial charge >= 0.3 is 0 Å². The third-order valence-electron chi connectivity index (χ3n) is 3.04. The van der Waals surface area contributed by atoms with Gasteiger partial charge in [-0.15, -0.1) is 0 Å². The molecular weight excluding hydrogens is 200 g/mol. The normalized spacial score (nSPS) is 34.4. The van der Waals surface area contributed by atoms with Gasteiger partial charge < -0.3 is 5.32 Å². The summed E-state index contributed by atoms with van der Waals surface area (Å²) in [6.07, 6.45) is 3.69. The highest BCUT2D eigenvalue weighted by Gasteiger charge is 2.38. The van der Waals surface area contributed by atoms with Gasteiger partial charge in [-0.25, -0.2) is 13.1 Å². The first-order valence-electron chi connectivity index (χ1n) is 5.34. The monoisotopic (exact) mass is 218 g/mol. The molecule has 2 N–H and O–H groups in total. The topological polar surface area (TPSA) is 58.2 Å². The van der Waals surface area contributed by atoms with Crippen LogP contribution in [0.5, 0.6) is 0 Å². The van der Waals surface area contributed by atoms with Crippen LogP contribution in [0, 0.1) is 0 Å². The molecule has 0 amide bonds. The van der Waals surface area contributed by atoms with Gasteiger partial charge in [-0.2, -0.15) is 0 Å². The summed E-state index contributed by atoms with van der Waals surface area (Å²) in [5.74, 6) is 0. The number of sulfonamides is 1. The minimum atomic E-state index is -3.01. The van der Waals surface area contributed by atoms with Gasteiger partial charge in [-0.3, -0.25) is 0 Å². The second-order valence-corrected chi connectivity index (χ2v) is 6.35. The smallest absolute Gasteiger partial charge is 0.214 e. The maximum absolute atomic E-state index is 11.7. The first-order chi connectivity index (χ1) is 6.59. The Hall–Kier alpha value is -0.130. The van der Waals surface area contributed by atoms with Crippen molar-refractivity contribution >= 4 is 10.0 Å². The van der Waals surface area contributed by atoms with Gasteiger partial charge in [0.1, 0.15) is 0 Å². The van der Waals surface area contributed by atoms with E-state index in [9.17, 15) is 8.42 Å². The van der Waals surface area contributed by atoms with Crippen LogP contribution >= 0.6 is 0 Å². The molecule has 1 aliphatic heterocycles. The number of hydrogen-bond acceptors (Lipinski definition) is 3. The lowest BCUT2D eigenvalue weighted by Crippen LogP contribution is -2.52. The molecule has 14 heavy (non-hydrogen) atoms. The molecule has 0 aromatic heterocycles. The van der Waals surface area contributed by atoms with Crippen molar-refractivity contribution in [3.63, 3.8) is 0 Å². The molecular formula is C9H18N2O2S. The maximum Gasteiger partial charge on any atom is 0.214 e. The zero-order valence-electron chi connectivity index (χ0n) is 8.49. The predicted molar refractivity (Wildman–Crippen MR) is 55.6 cm³/mol. The number of nitrogens with one attached hydrogen (secondary N) is 2.